The van der Waals surface area contributed by atoms with Crippen molar-refractivity contribution in [2.24, 2.45) is 0 Å². The zero-order valence-electron chi connectivity index (χ0n) is 13.1. The van der Waals surface area contributed by atoms with E-state index in [0.29, 0.717) is 30.0 Å². The topological polar surface area (TPSA) is 30.5 Å². The predicted molar refractivity (Wildman–Crippen MR) is 87.5 cm³/mol. The summed E-state index contributed by atoms with van der Waals surface area (Å²) in [4.78, 5) is 0. The molecular formula is C17H26ClNO2. The molecule has 0 aromatic heterocycles. The molecule has 1 heterocycles. The molecule has 0 radical (unpaired) electrons. The van der Waals surface area contributed by atoms with Gasteiger partial charge in [0, 0.05) is 19.0 Å². The van der Waals surface area contributed by atoms with Gasteiger partial charge in [-0.15, -0.1) is 0 Å². The Morgan fingerprint density at radius 1 is 1.24 bits per heavy atom. The van der Waals surface area contributed by atoms with Crippen LogP contribution in [0.25, 0.3) is 0 Å². The van der Waals surface area contributed by atoms with Crippen LogP contribution >= 0.6 is 11.6 Å². The zero-order chi connectivity index (χ0) is 15.1. The minimum atomic E-state index is 0.520. The standard InChI is InChI=1S/C17H26ClNO2/c1-3-4-5-7-13(2)19-12-14-10-15(18)17-16(11-14)20-8-6-9-21-17/h10-11,13,19H,3-9,12H2,1-2H3. The van der Waals surface area contributed by atoms with Crippen molar-refractivity contribution in [1.29, 1.82) is 0 Å². The van der Waals surface area contributed by atoms with Gasteiger partial charge in [0.2, 0.25) is 0 Å². The van der Waals surface area contributed by atoms with Crippen molar-refractivity contribution in [3.8, 4) is 11.5 Å². The van der Waals surface area contributed by atoms with Crippen molar-refractivity contribution in [1.82, 2.24) is 5.32 Å². The number of halogens is 1. The molecule has 0 fully saturated rings. The Bertz CT molecular complexity index is 451. The molecule has 1 unspecified atom stereocenters. The van der Waals surface area contributed by atoms with Crippen molar-refractivity contribution in [3.05, 3.63) is 22.7 Å². The van der Waals surface area contributed by atoms with Gasteiger partial charge in [0.05, 0.1) is 18.2 Å². The molecule has 21 heavy (non-hydrogen) atoms. The third-order valence-corrected chi connectivity index (χ3v) is 4.04. The lowest BCUT2D eigenvalue weighted by Crippen LogP contribution is -2.25. The van der Waals surface area contributed by atoms with Crippen LogP contribution in [0.3, 0.4) is 0 Å². The Labute approximate surface area is 133 Å². The third kappa shape index (κ3) is 5.08. The molecule has 3 nitrogen and oxygen atoms in total. The molecule has 2 rings (SSSR count). The quantitative estimate of drug-likeness (QED) is 0.749. The van der Waals surface area contributed by atoms with Crippen molar-refractivity contribution < 1.29 is 9.47 Å². The van der Waals surface area contributed by atoms with Crippen LogP contribution in [0.4, 0.5) is 0 Å². The summed E-state index contributed by atoms with van der Waals surface area (Å²) in [6.45, 7) is 6.63. The minimum Gasteiger partial charge on any atom is -0.489 e. The molecule has 1 aromatic rings. The number of nitrogens with one attached hydrogen (secondary N) is 1. The number of rotatable bonds is 7. The third-order valence-electron chi connectivity index (χ3n) is 3.76. The molecule has 0 amide bonds. The van der Waals surface area contributed by atoms with Crippen LogP contribution in [-0.2, 0) is 6.54 Å². The van der Waals surface area contributed by atoms with E-state index in [-0.39, 0.29) is 0 Å². The normalized spacial score (nSPS) is 15.6. The fourth-order valence-corrected chi connectivity index (χ4v) is 2.77. The van der Waals surface area contributed by atoms with Gasteiger partial charge < -0.3 is 14.8 Å². The first-order chi connectivity index (χ1) is 10.2. The highest BCUT2D eigenvalue weighted by Crippen LogP contribution is 2.37. The lowest BCUT2D eigenvalue weighted by molar-refractivity contribution is 0.297. The molecule has 0 saturated carbocycles. The average Bonchev–Trinajstić information content (AvgIpc) is 2.71. The van der Waals surface area contributed by atoms with E-state index in [2.05, 4.69) is 19.2 Å². The van der Waals surface area contributed by atoms with Crippen molar-refractivity contribution >= 4 is 11.6 Å². The second-order valence-electron chi connectivity index (χ2n) is 5.73. The molecule has 0 spiro atoms. The van der Waals surface area contributed by atoms with Crippen molar-refractivity contribution in [3.63, 3.8) is 0 Å². The molecule has 118 valence electrons. The highest BCUT2D eigenvalue weighted by Gasteiger charge is 2.15. The van der Waals surface area contributed by atoms with E-state index in [4.69, 9.17) is 21.1 Å². The SMILES string of the molecule is CCCCCC(C)NCc1cc(Cl)c2c(c1)OCCCO2. The molecule has 1 N–H and O–H groups in total. The van der Waals surface area contributed by atoms with Crippen molar-refractivity contribution in [2.45, 2.75) is 58.5 Å². The average molecular weight is 312 g/mol. The second-order valence-corrected chi connectivity index (χ2v) is 6.14. The first kappa shape index (κ1) is 16.4. The molecule has 0 aliphatic carbocycles. The second kappa shape index (κ2) is 8.50. The van der Waals surface area contributed by atoms with Crippen LogP contribution in [0, 0.1) is 0 Å². The van der Waals surface area contributed by atoms with Crippen LogP contribution in [0.15, 0.2) is 12.1 Å². The van der Waals surface area contributed by atoms with Crippen molar-refractivity contribution in [2.75, 3.05) is 13.2 Å². The van der Waals surface area contributed by atoms with Crippen LogP contribution in [0.1, 0.15) is 51.5 Å². The summed E-state index contributed by atoms with van der Waals surface area (Å²) in [6, 6.07) is 4.53. The summed E-state index contributed by atoms with van der Waals surface area (Å²) in [5.41, 5.74) is 1.14. The Morgan fingerprint density at radius 3 is 2.86 bits per heavy atom. The van der Waals surface area contributed by atoms with E-state index in [1.165, 1.54) is 25.7 Å². The van der Waals surface area contributed by atoms with Gasteiger partial charge in [-0.25, -0.2) is 0 Å². The molecule has 4 heteroatoms. The summed E-state index contributed by atoms with van der Waals surface area (Å²) in [5, 5.41) is 4.20. The predicted octanol–water partition coefficient (Wildman–Crippen LogP) is 4.56. The summed E-state index contributed by atoms with van der Waals surface area (Å²) in [5.74, 6) is 1.46. The number of unbranched alkanes of at least 4 members (excludes halogenated alkanes) is 2. The lowest BCUT2D eigenvalue weighted by Gasteiger charge is -2.15. The monoisotopic (exact) mass is 311 g/mol. The number of hydrogen-bond acceptors (Lipinski definition) is 3. The fraction of sp³-hybridized carbons (Fsp3) is 0.647. The van der Waals surface area contributed by atoms with E-state index < -0.39 is 0 Å². The molecule has 1 atom stereocenters. The van der Waals surface area contributed by atoms with Gasteiger partial charge in [-0.1, -0.05) is 37.8 Å². The first-order valence-corrected chi connectivity index (χ1v) is 8.40. The maximum Gasteiger partial charge on any atom is 0.179 e. The van der Waals surface area contributed by atoms with Gasteiger partial charge in [-0.2, -0.15) is 0 Å². The number of hydrogen-bond donors (Lipinski definition) is 1. The van der Waals surface area contributed by atoms with Crippen LogP contribution in [0.5, 0.6) is 11.5 Å². The van der Waals surface area contributed by atoms with E-state index in [1.54, 1.807) is 0 Å². The molecular weight excluding hydrogens is 286 g/mol. The smallest absolute Gasteiger partial charge is 0.179 e. The molecule has 0 saturated heterocycles. The van der Waals surface area contributed by atoms with Crippen LogP contribution in [-0.4, -0.2) is 19.3 Å². The van der Waals surface area contributed by atoms with Gasteiger partial charge in [0.1, 0.15) is 0 Å². The minimum absolute atomic E-state index is 0.520. The Hall–Kier alpha value is -0.930. The Kier molecular flexibility index (Phi) is 6.65. The fourth-order valence-electron chi connectivity index (χ4n) is 2.48. The van der Waals surface area contributed by atoms with Gasteiger partial charge >= 0.3 is 0 Å². The largest absolute Gasteiger partial charge is 0.489 e. The zero-order valence-corrected chi connectivity index (χ0v) is 13.8. The van der Waals surface area contributed by atoms with Gasteiger partial charge in [-0.3, -0.25) is 0 Å². The highest BCUT2D eigenvalue weighted by atomic mass is 35.5. The summed E-state index contributed by atoms with van der Waals surface area (Å²) < 4.78 is 11.4. The summed E-state index contributed by atoms with van der Waals surface area (Å²) in [6.07, 6.45) is 5.97. The first-order valence-electron chi connectivity index (χ1n) is 8.02. The van der Waals surface area contributed by atoms with E-state index >= 15 is 0 Å². The highest BCUT2D eigenvalue weighted by molar-refractivity contribution is 6.32. The van der Waals surface area contributed by atoms with Crippen LogP contribution < -0.4 is 14.8 Å². The van der Waals surface area contributed by atoms with Gasteiger partial charge in [0.25, 0.3) is 0 Å². The summed E-state index contributed by atoms with van der Waals surface area (Å²) >= 11 is 6.30. The van der Waals surface area contributed by atoms with Gasteiger partial charge in [-0.05, 0) is 31.0 Å². The molecule has 1 aromatic carbocycles. The number of benzene rings is 1. The summed E-state index contributed by atoms with van der Waals surface area (Å²) in [7, 11) is 0. The Balaban J connectivity index is 1.91. The van der Waals surface area contributed by atoms with E-state index in [1.807, 2.05) is 12.1 Å². The molecule has 0 bridgehead atoms. The van der Waals surface area contributed by atoms with Gasteiger partial charge in [0.15, 0.2) is 11.5 Å². The lowest BCUT2D eigenvalue weighted by atomic mass is 10.1. The molecule has 1 aliphatic heterocycles. The maximum atomic E-state index is 6.30. The number of ether oxygens (including phenoxy) is 2. The number of fused-ring (bicyclic) bond motifs is 1. The maximum absolute atomic E-state index is 6.30. The molecule has 1 aliphatic rings. The van der Waals surface area contributed by atoms with E-state index in [9.17, 15) is 0 Å². The van der Waals surface area contributed by atoms with E-state index in [0.717, 1.165) is 24.3 Å². The van der Waals surface area contributed by atoms with Crippen LogP contribution in [0.2, 0.25) is 5.02 Å². The Morgan fingerprint density at radius 2 is 2.05 bits per heavy atom.